The van der Waals surface area contributed by atoms with Crippen molar-refractivity contribution in [3.8, 4) is 11.1 Å². The van der Waals surface area contributed by atoms with Gasteiger partial charge < -0.3 is 15.2 Å². The molecule has 0 aliphatic heterocycles. The number of carbonyl (C=O) groups excluding carboxylic acids is 2. The zero-order valence-electron chi connectivity index (χ0n) is 15.7. The van der Waals surface area contributed by atoms with Crippen LogP contribution in [0, 0.1) is 11.8 Å². The van der Waals surface area contributed by atoms with Crippen LogP contribution >= 0.6 is 0 Å². The highest BCUT2D eigenvalue weighted by atomic mass is 16.7. The normalized spacial score (nSPS) is 14.8. The third-order valence-corrected chi connectivity index (χ3v) is 5.08. The standard InChI is InChI=1S/C22H25NO4/c1-14(12-23)11-15(2)21(24)27-22(25)26-13-20-18-9-5-3-7-16(18)17-8-4-6-10-19(17)20/h3-10,14-15,20H,11-13,23H2,1-2H3. The van der Waals surface area contributed by atoms with E-state index >= 15 is 0 Å². The van der Waals surface area contributed by atoms with Crippen molar-refractivity contribution in [3.05, 3.63) is 59.7 Å². The summed E-state index contributed by atoms with van der Waals surface area (Å²) in [7, 11) is 0. The molecule has 0 radical (unpaired) electrons. The van der Waals surface area contributed by atoms with Crippen LogP contribution in [-0.4, -0.2) is 25.3 Å². The Kier molecular flexibility index (Phi) is 5.91. The number of hydrogen-bond acceptors (Lipinski definition) is 5. The summed E-state index contributed by atoms with van der Waals surface area (Å²) >= 11 is 0. The van der Waals surface area contributed by atoms with Crippen LogP contribution in [0.4, 0.5) is 4.79 Å². The van der Waals surface area contributed by atoms with Crippen LogP contribution in [0.3, 0.4) is 0 Å². The lowest BCUT2D eigenvalue weighted by Gasteiger charge is -2.16. The van der Waals surface area contributed by atoms with E-state index in [0.29, 0.717) is 13.0 Å². The highest BCUT2D eigenvalue weighted by Gasteiger charge is 2.30. The molecule has 2 N–H and O–H groups in total. The predicted molar refractivity (Wildman–Crippen MR) is 103 cm³/mol. The van der Waals surface area contributed by atoms with Crippen molar-refractivity contribution in [2.24, 2.45) is 17.6 Å². The van der Waals surface area contributed by atoms with Crippen molar-refractivity contribution >= 4 is 12.1 Å². The van der Waals surface area contributed by atoms with E-state index in [9.17, 15) is 9.59 Å². The van der Waals surface area contributed by atoms with Gasteiger partial charge in [-0.2, -0.15) is 0 Å². The zero-order valence-corrected chi connectivity index (χ0v) is 15.7. The molecule has 2 unspecified atom stereocenters. The van der Waals surface area contributed by atoms with Gasteiger partial charge in [0.05, 0.1) is 5.92 Å². The zero-order chi connectivity index (χ0) is 19.4. The molecule has 0 fully saturated rings. The summed E-state index contributed by atoms with van der Waals surface area (Å²) in [6, 6.07) is 16.1. The Balaban J connectivity index is 1.62. The molecule has 0 saturated carbocycles. The van der Waals surface area contributed by atoms with Crippen molar-refractivity contribution in [1.29, 1.82) is 0 Å². The minimum Gasteiger partial charge on any atom is -0.433 e. The molecule has 1 aliphatic rings. The van der Waals surface area contributed by atoms with Gasteiger partial charge in [-0.05, 0) is 41.1 Å². The molecule has 0 bridgehead atoms. The lowest BCUT2D eigenvalue weighted by Crippen LogP contribution is -2.24. The SMILES string of the molecule is CC(CN)CC(C)C(=O)OC(=O)OCC1c2ccccc2-c2ccccc21. The molecular weight excluding hydrogens is 342 g/mol. The fourth-order valence-corrected chi connectivity index (χ4v) is 3.60. The van der Waals surface area contributed by atoms with E-state index in [0.717, 1.165) is 22.3 Å². The Labute approximate surface area is 159 Å². The summed E-state index contributed by atoms with van der Waals surface area (Å²) in [4.78, 5) is 24.0. The molecule has 0 spiro atoms. The number of esters is 1. The van der Waals surface area contributed by atoms with Crippen LogP contribution in [0.1, 0.15) is 37.3 Å². The molecule has 1 aliphatic carbocycles. The Morgan fingerprint density at radius 2 is 1.56 bits per heavy atom. The molecule has 3 rings (SSSR count). The molecule has 2 aromatic rings. The van der Waals surface area contributed by atoms with Gasteiger partial charge in [0.25, 0.3) is 0 Å². The summed E-state index contributed by atoms with van der Waals surface area (Å²) in [5.41, 5.74) is 10.1. The molecule has 5 heteroatoms. The second-order valence-corrected chi connectivity index (χ2v) is 7.19. The summed E-state index contributed by atoms with van der Waals surface area (Å²) in [5.74, 6) is -0.846. The average Bonchev–Trinajstić information content (AvgIpc) is 3.00. The fraction of sp³-hybridized carbons (Fsp3) is 0.364. The van der Waals surface area contributed by atoms with Crippen LogP contribution in [0.5, 0.6) is 0 Å². The topological polar surface area (TPSA) is 78.6 Å². The van der Waals surface area contributed by atoms with Crippen LogP contribution in [0.2, 0.25) is 0 Å². The number of rotatable bonds is 6. The maximum Gasteiger partial charge on any atom is 0.516 e. The molecule has 2 aromatic carbocycles. The first-order valence-corrected chi connectivity index (χ1v) is 9.28. The quantitative estimate of drug-likeness (QED) is 0.614. The van der Waals surface area contributed by atoms with Gasteiger partial charge in [0.2, 0.25) is 0 Å². The van der Waals surface area contributed by atoms with Crippen molar-refractivity contribution < 1.29 is 19.1 Å². The van der Waals surface area contributed by atoms with Crippen molar-refractivity contribution in [2.75, 3.05) is 13.2 Å². The van der Waals surface area contributed by atoms with Gasteiger partial charge in [0.1, 0.15) is 6.61 Å². The van der Waals surface area contributed by atoms with E-state index in [4.69, 9.17) is 15.2 Å². The number of benzene rings is 2. The molecular formula is C22H25NO4. The molecule has 5 nitrogen and oxygen atoms in total. The maximum absolute atomic E-state index is 12.0. The van der Waals surface area contributed by atoms with Crippen molar-refractivity contribution in [3.63, 3.8) is 0 Å². The van der Waals surface area contributed by atoms with Gasteiger partial charge in [0.15, 0.2) is 0 Å². The molecule has 142 valence electrons. The second-order valence-electron chi connectivity index (χ2n) is 7.19. The van der Waals surface area contributed by atoms with Crippen LogP contribution < -0.4 is 5.73 Å². The minimum atomic E-state index is -0.950. The first kappa shape index (κ1) is 19.1. The number of carbonyl (C=O) groups is 2. The Bertz CT molecular complexity index is 787. The van der Waals surface area contributed by atoms with E-state index in [1.54, 1.807) is 6.92 Å². The molecule has 0 heterocycles. The smallest absolute Gasteiger partial charge is 0.433 e. The Morgan fingerprint density at radius 3 is 2.11 bits per heavy atom. The van der Waals surface area contributed by atoms with Crippen molar-refractivity contribution in [1.82, 2.24) is 0 Å². The Morgan fingerprint density at radius 1 is 1.00 bits per heavy atom. The first-order valence-electron chi connectivity index (χ1n) is 9.28. The van der Waals surface area contributed by atoms with Gasteiger partial charge in [-0.25, -0.2) is 4.79 Å². The van der Waals surface area contributed by atoms with Crippen molar-refractivity contribution in [2.45, 2.75) is 26.2 Å². The molecule has 2 atom stereocenters. The van der Waals surface area contributed by atoms with Crippen LogP contribution in [-0.2, 0) is 14.3 Å². The highest BCUT2D eigenvalue weighted by Crippen LogP contribution is 2.44. The highest BCUT2D eigenvalue weighted by molar-refractivity contribution is 5.83. The van der Waals surface area contributed by atoms with E-state index < -0.39 is 18.0 Å². The molecule has 0 amide bonds. The summed E-state index contributed by atoms with van der Waals surface area (Å²) < 4.78 is 10.1. The van der Waals surface area contributed by atoms with E-state index in [-0.39, 0.29) is 18.4 Å². The second kappa shape index (κ2) is 8.35. The fourth-order valence-electron chi connectivity index (χ4n) is 3.60. The first-order chi connectivity index (χ1) is 13.0. The summed E-state index contributed by atoms with van der Waals surface area (Å²) in [6.45, 7) is 4.30. The third kappa shape index (κ3) is 4.19. The summed E-state index contributed by atoms with van der Waals surface area (Å²) in [5, 5.41) is 0. The molecule has 27 heavy (non-hydrogen) atoms. The van der Waals surface area contributed by atoms with E-state index in [1.807, 2.05) is 43.3 Å². The van der Waals surface area contributed by atoms with Crippen LogP contribution in [0.25, 0.3) is 11.1 Å². The van der Waals surface area contributed by atoms with Gasteiger partial charge >= 0.3 is 12.1 Å². The van der Waals surface area contributed by atoms with Gasteiger partial charge in [-0.1, -0.05) is 62.4 Å². The Hall–Kier alpha value is -2.66. The summed E-state index contributed by atoms with van der Waals surface area (Å²) in [6.07, 6.45) is -0.375. The lowest BCUT2D eigenvalue weighted by molar-refractivity contribution is -0.144. The van der Waals surface area contributed by atoms with Gasteiger partial charge in [0, 0.05) is 5.92 Å². The van der Waals surface area contributed by atoms with E-state index in [2.05, 4.69) is 12.1 Å². The maximum atomic E-state index is 12.0. The number of fused-ring (bicyclic) bond motifs is 3. The number of nitrogens with two attached hydrogens (primary N) is 1. The van der Waals surface area contributed by atoms with E-state index in [1.165, 1.54) is 0 Å². The predicted octanol–water partition coefficient (Wildman–Crippen LogP) is 4.10. The largest absolute Gasteiger partial charge is 0.516 e. The minimum absolute atomic E-state index is 0.0604. The number of ether oxygens (including phenoxy) is 2. The monoisotopic (exact) mass is 367 g/mol. The van der Waals surface area contributed by atoms with Crippen LogP contribution in [0.15, 0.2) is 48.5 Å². The van der Waals surface area contributed by atoms with Gasteiger partial charge in [-0.15, -0.1) is 0 Å². The lowest BCUT2D eigenvalue weighted by atomic mass is 9.98. The van der Waals surface area contributed by atoms with Gasteiger partial charge in [-0.3, -0.25) is 4.79 Å². The molecule has 0 saturated heterocycles. The number of hydrogen-bond donors (Lipinski definition) is 1. The average molecular weight is 367 g/mol. The molecule has 0 aromatic heterocycles. The third-order valence-electron chi connectivity index (χ3n) is 5.08.